The number of benzene rings is 1. The molecule has 1 aromatic heterocycles. The van der Waals surface area contributed by atoms with E-state index in [1.807, 2.05) is 10.3 Å². The molecule has 1 amide bonds. The van der Waals surface area contributed by atoms with E-state index in [2.05, 4.69) is 14.8 Å². The normalized spacial score (nSPS) is 22.9. The van der Waals surface area contributed by atoms with Crippen molar-refractivity contribution in [2.24, 2.45) is 16.3 Å². The lowest BCUT2D eigenvalue weighted by Gasteiger charge is -2.42. The summed E-state index contributed by atoms with van der Waals surface area (Å²) in [4.78, 5) is 57.7. The number of thiazole rings is 1. The Morgan fingerprint density at radius 1 is 0.900 bits per heavy atom. The molecule has 50 heavy (non-hydrogen) atoms. The zero-order valence-corrected chi connectivity index (χ0v) is 31.3. The van der Waals surface area contributed by atoms with Crippen LogP contribution in [0.15, 0.2) is 46.0 Å². The zero-order chi connectivity index (χ0) is 35.3. The van der Waals surface area contributed by atoms with Crippen molar-refractivity contribution in [2.45, 2.75) is 63.7 Å². The molecule has 3 fully saturated rings. The van der Waals surface area contributed by atoms with Crippen LogP contribution in [0.5, 0.6) is 0 Å². The first-order valence-electron chi connectivity index (χ1n) is 17.7. The third kappa shape index (κ3) is 8.28. The van der Waals surface area contributed by atoms with E-state index in [1.54, 1.807) is 24.4 Å². The molecule has 270 valence electrons. The van der Waals surface area contributed by atoms with Crippen molar-refractivity contribution in [3.05, 3.63) is 61.7 Å². The molecule has 1 aromatic carbocycles. The van der Waals surface area contributed by atoms with Crippen molar-refractivity contribution < 1.29 is 23.9 Å². The molecule has 0 N–H and O–H groups in total. The monoisotopic (exact) mass is 743 g/mol. The highest BCUT2D eigenvalue weighted by atomic mass is 35.5. The lowest BCUT2D eigenvalue weighted by molar-refractivity contribution is -0.143. The Hall–Kier alpha value is -2.83. The van der Waals surface area contributed by atoms with E-state index in [1.165, 1.54) is 83.7 Å². The third-order valence-corrected chi connectivity index (χ3v) is 12.4. The second-order valence-corrected chi connectivity index (χ2v) is 15.8. The number of hydrogen-bond acceptors (Lipinski definition) is 10. The number of aliphatic imine (C=N–C) groups is 1. The maximum absolute atomic E-state index is 14.1. The van der Waals surface area contributed by atoms with E-state index in [4.69, 9.17) is 37.7 Å². The molecule has 4 aliphatic rings. The number of rotatable bonds is 12. The third-order valence-electron chi connectivity index (χ3n) is 10.9. The van der Waals surface area contributed by atoms with Gasteiger partial charge in [0, 0.05) is 78.9 Å². The molecule has 10 nitrogen and oxygen atoms in total. The van der Waals surface area contributed by atoms with Crippen LogP contribution in [0.4, 0.5) is 0 Å². The maximum Gasteiger partial charge on any atom is 0.336 e. The largest absolute Gasteiger partial charge is 0.468 e. The van der Waals surface area contributed by atoms with Gasteiger partial charge in [-0.25, -0.2) is 9.78 Å². The minimum absolute atomic E-state index is 0.0907. The highest BCUT2D eigenvalue weighted by molar-refractivity contribution is 7.09. The number of methoxy groups -OCH3 is 2. The Kier molecular flexibility index (Phi) is 12.3. The highest BCUT2D eigenvalue weighted by Gasteiger charge is 2.46. The summed E-state index contributed by atoms with van der Waals surface area (Å²) in [6, 6.07) is 5.03. The van der Waals surface area contributed by atoms with E-state index in [0.29, 0.717) is 42.6 Å². The van der Waals surface area contributed by atoms with E-state index in [-0.39, 0.29) is 33.6 Å². The maximum atomic E-state index is 14.1. The SMILES string of the molecule is COC(=O)C1=C(CC(=O)N2CCN(CC3(CN4CCCC4)CCCC3)CC2)N=C(CCc2nccs2)C(C(=O)OC)C1c1c(Cl)cccc1Cl. The molecule has 0 bridgehead atoms. The molecule has 6 rings (SSSR count). The Bertz CT molecular complexity index is 1570. The van der Waals surface area contributed by atoms with Crippen LogP contribution in [0, 0.1) is 11.3 Å². The molecule has 2 unspecified atom stereocenters. The van der Waals surface area contributed by atoms with Crippen LogP contribution in [-0.2, 0) is 30.3 Å². The number of ether oxygens (including phenoxy) is 2. The predicted molar refractivity (Wildman–Crippen MR) is 196 cm³/mol. The molecule has 4 heterocycles. The lowest BCUT2D eigenvalue weighted by atomic mass is 9.74. The molecule has 2 saturated heterocycles. The molecular weight excluding hydrogens is 697 g/mol. The summed E-state index contributed by atoms with van der Waals surface area (Å²) < 4.78 is 10.6. The topological polar surface area (TPSA) is 105 Å². The van der Waals surface area contributed by atoms with Gasteiger partial charge >= 0.3 is 11.9 Å². The van der Waals surface area contributed by atoms with Crippen molar-refractivity contribution in [1.82, 2.24) is 19.7 Å². The number of amides is 1. The molecule has 0 spiro atoms. The first-order chi connectivity index (χ1) is 24.2. The summed E-state index contributed by atoms with van der Waals surface area (Å²) in [7, 11) is 2.57. The van der Waals surface area contributed by atoms with Gasteiger partial charge in [0.1, 0.15) is 5.92 Å². The number of aryl methyl sites for hydroxylation is 1. The molecule has 1 aliphatic carbocycles. The van der Waals surface area contributed by atoms with Crippen LogP contribution in [0.3, 0.4) is 0 Å². The summed E-state index contributed by atoms with van der Waals surface area (Å²) in [5.41, 5.74) is 1.56. The Morgan fingerprint density at radius 2 is 1.56 bits per heavy atom. The quantitative estimate of drug-likeness (QED) is 0.243. The van der Waals surface area contributed by atoms with Gasteiger partial charge in [-0.05, 0) is 68.3 Å². The lowest BCUT2D eigenvalue weighted by Crippen LogP contribution is -2.52. The average molecular weight is 745 g/mol. The van der Waals surface area contributed by atoms with Crippen LogP contribution in [0.25, 0.3) is 0 Å². The fourth-order valence-corrected chi connectivity index (χ4v) is 9.72. The number of aromatic nitrogens is 1. The van der Waals surface area contributed by atoms with E-state index >= 15 is 0 Å². The number of piperazine rings is 1. The summed E-state index contributed by atoms with van der Waals surface area (Å²) >= 11 is 15.0. The van der Waals surface area contributed by atoms with Gasteiger partial charge in [0.2, 0.25) is 5.91 Å². The van der Waals surface area contributed by atoms with Crippen molar-refractivity contribution >= 4 is 58.1 Å². The van der Waals surface area contributed by atoms with Gasteiger partial charge in [-0.1, -0.05) is 42.1 Å². The summed E-state index contributed by atoms with van der Waals surface area (Å²) in [5, 5.41) is 3.33. The van der Waals surface area contributed by atoms with E-state index in [0.717, 1.165) is 24.6 Å². The molecule has 13 heteroatoms. The highest BCUT2D eigenvalue weighted by Crippen LogP contribution is 2.47. The molecule has 2 atom stereocenters. The van der Waals surface area contributed by atoms with Crippen molar-refractivity contribution in [1.29, 1.82) is 0 Å². The number of halogens is 2. The average Bonchev–Trinajstić information content (AvgIpc) is 3.92. The van der Waals surface area contributed by atoms with Gasteiger partial charge < -0.3 is 19.3 Å². The molecular formula is C37H47Cl2N5O5S. The second kappa shape index (κ2) is 16.7. The van der Waals surface area contributed by atoms with E-state index in [9.17, 15) is 14.4 Å². The Labute approximate surface area is 308 Å². The minimum atomic E-state index is -1.02. The van der Waals surface area contributed by atoms with Crippen LogP contribution in [0.1, 0.15) is 67.9 Å². The number of esters is 2. The first kappa shape index (κ1) is 36.9. The standard InChI is InChI=1S/C37H47Cl2N5O5S/c1-48-35(46)32-27(10-11-29-40-14-21-50-29)41-28(33(36(47)49-2)34(32)31-25(38)8-7-9-26(31)39)22-30(45)44-19-17-43(18-20-44)24-37(12-3-4-13-37)23-42-15-5-6-16-42/h7-9,14,21,32,34H,3-6,10-13,15-20,22-24H2,1-2H3. The van der Waals surface area contributed by atoms with Crippen LogP contribution < -0.4 is 0 Å². The Balaban J connectivity index is 1.26. The number of hydrogen-bond donors (Lipinski definition) is 0. The van der Waals surface area contributed by atoms with E-state index < -0.39 is 23.8 Å². The van der Waals surface area contributed by atoms with Gasteiger partial charge in [0.25, 0.3) is 0 Å². The molecule has 1 saturated carbocycles. The van der Waals surface area contributed by atoms with Gasteiger partial charge in [0.15, 0.2) is 0 Å². The number of carbonyl (C=O) groups is 3. The minimum Gasteiger partial charge on any atom is -0.468 e. The fraction of sp³-hybridized carbons (Fsp3) is 0.595. The summed E-state index contributed by atoms with van der Waals surface area (Å²) in [6.07, 6.45) is 10.2. The summed E-state index contributed by atoms with van der Waals surface area (Å²) in [6.45, 7) is 7.50. The molecule has 3 aliphatic heterocycles. The second-order valence-electron chi connectivity index (χ2n) is 14.0. The smallest absolute Gasteiger partial charge is 0.336 e. The summed E-state index contributed by atoms with van der Waals surface area (Å²) in [5.74, 6) is -3.40. The molecule has 0 radical (unpaired) electrons. The number of carbonyl (C=O) groups excluding carboxylic acids is 3. The first-order valence-corrected chi connectivity index (χ1v) is 19.4. The van der Waals surface area contributed by atoms with Crippen molar-refractivity contribution in [3.8, 4) is 0 Å². The van der Waals surface area contributed by atoms with Crippen LogP contribution in [-0.4, -0.2) is 110 Å². The zero-order valence-electron chi connectivity index (χ0n) is 29.0. The Morgan fingerprint density at radius 3 is 2.16 bits per heavy atom. The van der Waals surface area contributed by atoms with Gasteiger partial charge in [0.05, 0.1) is 36.9 Å². The number of likely N-dealkylation sites (tertiary alicyclic amines) is 1. The van der Waals surface area contributed by atoms with Crippen molar-refractivity contribution in [2.75, 3.05) is 66.6 Å². The number of nitrogens with zero attached hydrogens (tertiary/aromatic N) is 5. The van der Waals surface area contributed by atoms with Crippen LogP contribution in [0.2, 0.25) is 10.0 Å². The fourth-order valence-electron chi connectivity index (χ4n) is 8.46. The van der Waals surface area contributed by atoms with Gasteiger partial charge in [-0.3, -0.25) is 19.5 Å². The molecule has 2 aromatic rings. The van der Waals surface area contributed by atoms with Gasteiger partial charge in [-0.15, -0.1) is 11.3 Å². The van der Waals surface area contributed by atoms with Crippen molar-refractivity contribution in [3.63, 3.8) is 0 Å². The van der Waals surface area contributed by atoms with Gasteiger partial charge in [-0.2, -0.15) is 0 Å². The van der Waals surface area contributed by atoms with Crippen LogP contribution >= 0.6 is 34.5 Å². The predicted octanol–water partition coefficient (Wildman–Crippen LogP) is 6.03.